The molecule has 1 aromatic heterocycles. The minimum absolute atomic E-state index is 0.114. The maximum absolute atomic E-state index is 11.1. The number of aromatic carboxylic acids is 1. The van der Waals surface area contributed by atoms with Gasteiger partial charge in [-0.05, 0) is 33.1 Å². The van der Waals surface area contributed by atoms with Gasteiger partial charge in [0.15, 0.2) is 5.69 Å². The van der Waals surface area contributed by atoms with Gasteiger partial charge in [0, 0.05) is 6.54 Å². The van der Waals surface area contributed by atoms with E-state index in [4.69, 9.17) is 10.4 Å². The summed E-state index contributed by atoms with van der Waals surface area (Å²) >= 11 is 0. The predicted octanol–water partition coefficient (Wildman–Crippen LogP) is 1.72. The van der Waals surface area contributed by atoms with Crippen molar-refractivity contribution in [1.29, 1.82) is 5.26 Å². The molecule has 0 fully saturated rings. The molecule has 2 heterocycles. The van der Waals surface area contributed by atoms with Gasteiger partial charge in [0.1, 0.15) is 11.2 Å². The third-order valence-electron chi connectivity index (χ3n) is 3.16. The van der Waals surface area contributed by atoms with E-state index < -0.39 is 11.4 Å². The van der Waals surface area contributed by atoms with Crippen LogP contribution in [-0.2, 0) is 18.4 Å². The molecule has 17 heavy (non-hydrogen) atoms. The fourth-order valence-corrected chi connectivity index (χ4v) is 2.24. The van der Waals surface area contributed by atoms with Crippen molar-refractivity contribution >= 4 is 5.97 Å². The lowest BCUT2D eigenvalue weighted by molar-refractivity contribution is 0.0689. The van der Waals surface area contributed by atoms with Crippen molar-refractivity contribution in [2.24, 2.45) is 0 Å². The minimum Gasteiger partial charge on any atom is -0.476 e. The second-order valence-electron chi connectivity index (χ2n) is 4.88. The molecule has 0 radical (unpaired) electrons. The van der Waals surface area contributed by atoms with Gasteiger partial charge in [0.25, 0.3) is 0 Å². The second-order valence-corrected chi connectivity index (χ2v) is 4.88. The van der Waals surface area contributed by atoms with Gasteiger partial charge in [-0.1, -0.05) is 0 Å². The van der Waals surface area contributed by atoms with Crippen LogP contribution in [-0.4, -0.2) is 20.6 Å². The highest BCUT2D eigenvalue weighted by Gasteiger charge is 2.32. The third-order valence-corrected chi connectivity index (χ3v) is 3.16. The summed E-state index contributed by atoms with van der Waals surface area (Å²) in [6.07, 6.45) is 2.73. The first kappa shape index (κ1) is 11.6. The quantitative estimate of drug-likeness (QED) is 0.843. The molecule has 0 aliphatic carbocycles. The van der Waals surface area contributed by atoms with Crippen LogP contribution in [0.2, 0.25) is 0 Å². The van der Waals surface area contributed by atoms with Crippen molar-refractivity contribution in [2.75, 3.05) is 0 Å². The summed E-state index contributed by atoms with van der Waals surface area (Å²) in [4.78, 5) is 15.3. The minimum atomic E-state index is -1.00. The smallest absolute Gasteiger partial charge is 0.356 e. The number of carbonyl (C=O) groups is 1. The van der Waals surface area contributed by atoms with Crippen molar-refractivity contribution in [2.45, 2.75) is 45.1 Å². The molecule has 0 aromatic carbocycles. The zero-order valence-corrected chi connectivity index (χ0v) is 10.0. The molecule has 1 aliphatic rings. The largest absolute Gasteiger partial charge is 0.476 e. The van der Waals surface area contributed by atoms with Crippen molar-refractivity contribution in [3.63, 3.8) is 0 Å². The van der Waals surface area contributed by atoms with Gasteiger partial charge in [0.05, 0.1) is 11.8 Å². The molecule has 1 N–H and O–H groups in total. The van der Waals surface area contributed by atoms with Crippen LogP contribution in [0.1, 0.15) is 48.7 Å². The van der Waals surface area contributed by atoms with Crippen LogP contribution < -0.4 is 0 Å². The van der Waals surface area contributed by atoms with Crippen LogP contribution in [0.4, 0.5) is 0 Å². The van der Waals surface area contributed by atoms with Crippen LogP contribution in [0.3, 0.4) is 0 Å². The van der Waals surface area contributed by atoms with Crippen molar-refractivity contribution < 1.29 is 9.90 Å². The van der Waals surface area contributed by atoms with E-state index in [-0.39, 0.29) is 5.69 Å². The molecule has 2 rings (SSSR count). The van der Waals surface area contributed by atoms with Gasteiger partial charge in [-0.2, -0.15) is 5.26 Å². The first-order chi connectivity index (χ1) is 7.97. The average Bonchev–Trinajstić information content (AvgIpc) is 2.69. The Kier molecular flexibility index (Phi) is 2.66. The number of carboxylic acids is 1. The predicted molar refractivity (Wildman–Crippen MR) is 60.8 cm³/mol. The maximum Gasteiger partial charge on any atom is 0.356 e. The fraction of sp³-hybridized carbons (Fsp3) is 0.583. The number of rotatable bonds is 2. The second kappa shape index (κ2) is 3.88. The molecule has 0 bridgehead atoms. The van der Waals surface area contributed by atoms with Crippen molar-refractivity contribution in [1.82, 2.24) is 9.55 Å². The lowest BCUT2D eigenvalue weighted by Gasteiger charge is -2.21. The number of imidazole rings is 1. The Hall–Kier alpha value is -1.83. The van der Waals surface area contributed by atoms with E-state index >= 15 is 0 Å². The van der Waals surface area contributed by atoms with E-state index in [1.807, 2.05) is 4.57 Å². The number of nitrogens with zero attached hydrogens (tertiary/aromatic N) is 3. The molecule has 1 aromatic rings. The first-order valence-corrected chi connectivity index (χ1v) is 5.72. The summed E-state index contributed by atoms with van der Waals surface area (Å²) < 4.78 is 1.91. The summed E-state index contributed by atoms with van der Waals surface area (Å²) in [7, 11) is 0. The monoisotopic (exact) mass is 233 g/mol. The van der Waals surface area contributed by atoms with Gasteiger partial charge < -0.3 is 9.67 Å². The lowest BCUT2D eigenvalue weighted by atomic mass is 9.94. The molecule has 0 atom stereocenters. The Labute approximate surface area is 99.7 Å². The van der Waals surface area contributed by atoms with E-state index in [1.165, 1.54) is 0 Å². The van der Waals surface area contributed by atoms with Gasteiger partial charge in [-0.3, -0.25) is 0 Å². The van der Waals surface area contributed by atoms with E-state index in [9.17, 15) is 4.79 Å². The number of fused-ring (bicyclic) bond motifs is 1. The number of carboxylic acid groups (broad SMARTS) is 1. The van der Waals surface area contributed by atoms with Gasteiger partial charge in [0.2, 0.25) is 0 Å². The van der Waals surface area contributed by atoms with Gasteiger partial charge in [-0.25, -0.2) is 9.78 Å². The van der Waals surface area contributed by atoms with E-state index in [0.717, 1.165) is 31.5 Å². The van der Waals surface area contributed by atoms with Gasteiger partial charge >= 0.3 is 5.97 Å². The fourth-order valence-electron chi connectivity index (χ4n) is 2.24. The Morgan fingerprint density at radius 2 is 2.24 bits per heavy atom. The Bertz CT molecular complexity index is 509. The first-order valence-electron chi connectivity index (χ1n) is 5.72. The summed E-state index contributed by atoms with van der Waals surface area (Å²) in [5.74, 6) is -0.428. The third kappa shape index (κ3) is 1.80. The standard InChI is InChI=1S/C12H15N3O2/c1-12(2,7-13)11-14-9(10(16)17)8-5-3-4-6-15(8)11/h3-6H2,1-2H3,(H,16,17). The highest BCUT2D eigenvalue weighted by atomic mass is 16.4. The van der Waals surface area contributed by atoms with Crippen molar-refractivity contribution in [3.8, 4) is 6.07 Å². The molecule has 5 heteroatoms. The van der Waals surface area contributed by atoms with E-state index in [0.29, 0.717) is 5.82 Å². The zero-order valence-electron chi connectivity index (χ0n) is 10.0. The summed E-state index contributed by atoms with van der Waals surface area (Å²) in [6.45, 7) is 4.29. The summed E-state index contributed by atoms with van der Waals surface area (Å²) in [5, 5.41) is 18.3. The molecular formula is C12H15N3O2. The highest BCUT2D eigenvalue weighted by molar-refractivity contribution is 5.87. The molecule has 90 valence electrons. The molecule has 0 amide bonds. The van der Waals surface area contributed by atoms with E-state index in [1.54, 1.807) is 13.8 Å². The lowest BCUT2D eigenvalue weighted by Crippen LogP contribution is -2.23. The van der Waals surface area contributed by atoms with Crippen LogP contribution in [0.15, 0.2) is 0 Å². The Balaban J connectivity index is 2.62. The topological polar surface area (TPSA) is 78.9 Å². The van der Waals surface area contributed by atoms with Gasteiger partial charge in [-0.15, -0.1) is 0 Å². The summed E-state index contributed by atoms with van der Waals surface area (Å²) in [6, 6.07) is 2.18. The van der Waals surface area contributed by atoms with Crippen LogP contribution in [0.25, 0.3) is 0 Å². The highest BCUT2D eigenvalue weighted by Crippen LogP contribution is 2.28. The summed E-state index contributed by atoms with van der Waals surface area (Å²) in [5.41, 5.74) is 0.130. The molecule has 1 aliphatic heterocycles. The number of aromatic nitrogens is 2. The van der Waals surface area contributed by atoms with Crippen LogP contribution in [0.5, 0.6) is 0 Å². The Morgan fingerprint density at radius 1 is 1.53 bits per heavy atom. The average molecular weight is 233 g/mol. The van der Waals surface area contributed by atoms with Crippen LogP contribution >= 0.6 is 0 Å². The maximum atomic E-state index is 11.1. The zero-order chi connectivity index (χ0) is 12.6. The molecule has 0 unspecified atom stereocenters. The number of hydrogen-bond acceptors (Lipinski definition) is 3. The SMILES string of the molecule is CC(C)(C#N)c1nc(C(=O)O)c2n1CCCC2. The normalized spacial score (nSPS) is 15.1. The molecule has 0 spiro atoms. The number of hydrogen-bond donors (Lipinski definition) is 1. The van der Waals surface area contributed by atoms with E-state index in [2.05, 4.69) is 11.1 Å². The van der Waals surface area contributed by atoms with Crippen molar-refractivity contribution in [3.05, 3.63) is 17.2 Å². The molecule has 5 nitrogen and oxygen atoms in total. The van der Waals surface area contributed by atoms with Crippen LogP contribution in [0, 0.1) is 11.3 Å². The number of nitriles is 1. The Morgan fingerprint density at radius 3 is 2.82 bits per heavy atom. The molecule has 0 saturated carbocycles. The molecular weight excluding hydrogens is 218 g/mol. The molecule has 0 saturated heterocycles.